The molecule has 2 heteroatoms. The molecule has 0 bridgehead atoms. The van der Waals surface area contributed by atoms with Gasteiger partial charge in [0.2, 0.25) is 0 Å². The van der Waals surface area contributed by atoms with Gasteiger partial charge in [0.15, 0.2) is 0 Å². The van der Waals surface area contributed by atoms with Crippen LogP contribution in [-0.4, -0.2) is 7.05 Å². The van der Waals surface area contributed by atoms with Crippen molar-refractivity contribution in [1.82, 2.24) is 5.32 Å². The average Bonchev–Trinajstić information content (AvgIpc) is 2.74. The van der Waals surface area contributed by atoms with Gasteiger partial charge in [0.1, 0.15) is 5.76 Å². The van der Waals surface area contributed by atoms with Gasteiger partial charge in [0.05, 0.1) is 6.26 Å². The lowest BCUT2D eigenvalue weighted by Gasteiger charge is -2.25. The predicted octanol–water partition coefficient (Wildman–Crippen LogP) is 3.82. The third kappa shape index (κ3) is 2.88. The maximum atomic E-state index is 5.40. The summed E-state index contributed by atoms with van der Waals surface area (Å²) in [5.41, 5.74) is 1.31. The molecule has 0 saturated heterocycles. The van der Waals surface area contributed by atoms with Crippen molar-refractivity contribution in [2.45, 2.75) is 51.5 Å². The van der Waals surface area contributed by atoms with E-state index in [-0.39, 0.29) is 0 Å². The Morgan fingerprint density at radius 3 is 2.69 bits per heavy atom. The van der Waals surface area contributed by atoms with E-state index in [0.29, 0.717) is 6.04 Å². The summed E-state index contributed by atoms with van der Waals surface area (Å²) in [5.74, 6) is 1.92. The second-order valence-electron chi connectivity index (χ2n) is 5.07. The average molecular weight is 221 g/mol. The molecule has 0 radical (unpaired) electrons. The van der Waals surface area contributed by atoms with Crippen LogP contribution in [0.2, 0.25) is 0 Å². The molecule has 0 spiro atoms. The minimum absolute atomic E-state index is 0.473. The van der Waals surface area contributed by atoms with Crippen LogP contribution >= 0.6 is 0 Å². The van der Waals surface area contributed by atoms with Crippen LogP contribution in [0, 0.1) is 12.8 Å². The van der Waals surface area contributed by atoms with Gasteiger partial charge in [-0.05, 0) is 32.4 Å². The molecule has 16 heavy (non-hydrogen) atoms. The normalized spacial score (nSPS) is 19.9. The summed E-state index contributed by atoms with van der Waals surface area (Å²) in [6.45, 7) is 2.01. The van der Waals surface area contributed by atoms with Gasteiger partial charge in [-0.2, -0.15) is 0 Å². The van der Waals surface area contributed by atoms with Gasteiger partial charge in [0.25, 0.3) is 0 Å². The number of furan rings is 1. The van der Waals surface area contributed by atoms with Gasteiger partial charge < -0.3 is 9.73 Å². The first-order valence-corrected chi connectivity index (χ1v) is 6.52. The third-order valence-electron chi connectivity index (χ3n) is 3.80. The molecular formula is C14H23NO. The van der Waals surface area contributed by atoms with E-state index in [2.05, 4.69) is 18.4 Å². The van der Waals surface area contributed by atoms with Crippen molar-refractivity contribution >= 4 is 0 Å². The molecule has 1 saturated carbocycles. The molecule has 2 rings (SSSR count). The summed E-state index contributed by atoms with van der Waals surface area (Å²) in [6, 6.07) is 2.63. The lowest BCUT2D eigenvalue weighted by molar-refractivity contribution is 0.305. The van der Waals surface area contributed by atoms with Crippen LogP contribution in [0.25, 0.3) is 0 Å². The Morgan fingerprint density at radius 1 is 1.38 bits per heavy atom. The smallest absolute Gasteiger partial charge is 0.101 e. The Kier molecular flexibility index (Phi) is 4.05. The molecule has 0 aromatic carbocycles. The van der Waals surface area contributed by atoms with E-state index in [1.54, 1.807) is 0 Å². The summed E-state index contributed by atoms with van der Waals surface area (Å²) in [6.07, 6.45) is 10.3. The maximum Gasteiger partial charge on any atom is 0.101 e. The van der Waals surface area contributed by atoms with Crippen LogP contribution in [0.5, 0.6) is 0 Å². The van der Waals surface area contributed by atoms with Crippen molar-refractivity contribution in [3.8, 4) is 0 Å². The first-order chi connectivity index (χ1) is 7.79. The van der Waals surface area contributed by atoms with Crippen molar-refractivity contribution < 1.29 is 4.42 Å². The Morgan fingerprint density at radius 2 is 2.12 bits per heavy atom. The van der Waals surface area contributed by atoms with Crippen LogP contribution < -0.4 is 5.32 Å². The fraction of sp³-hybridized carbons (Fsp3) is 0.714. The SMILES string of the molecule is CNC(CC1CCCCC1)c1coc(C)c1. The topological polar surface area (TPSA) is 25.2 Å². The molecule has 0 amide bonds. The van der Waals surface area contributed by atoms with E-state index in [4.69, 9.17) is 4.42 Å². The molecule has 1 fully saturated rings. The fourth-order valence-electron chi connectivity index (χ4n) is 2.82. The minimum Gasteiger partial charge on any atom is -0.469 e. The first-order valence-electron chi connectivity index (χ1n) is 6.52. The summed E-state index contributed by atoms with van der Waals surface area (Å²) in [7, 11) is 2.05. The zero-order valence-electron chi connectivity index (χ0n) is 10.5. The van der Waals surface area contributed by atoms with Crippen molar-refractivity contribution in [2.24, 2.45) is 5.92 Å². The van der Waals surface area contributed by atoms with E-state index in [1.165, 1.54) is 44.1 Å². The number of aryl methyl sites for hydroxylation is 1. The quantitative estimate of drug-likeness (QED) is 0.836. The number of rotatable bonds is 4. The molecule has 90 valence electrons. The van der Waals surface area contributed by atoms with Gasteiger partial charge in [-0.3, -0.25) is 0 Å². The van der Waals surface area contributed by atoms with Crippen molar-refractivity contribution in [3.63, 3.8) is 0 Å². The number of hydrogen-bond donors (Lipinski definition) is 1. The van der Waals surface area contributed by atoms with Crippen LogP contribution in [-0.2, 0) is 0 Å². The number of hydrogen-bond acceptors (Lipinski definition) is 2. The van der Waals surface area contributed by atoms with Gasteiger partial charge >= 0.3 is 0 Å². The van der Waals surface area contributed by atoms with Crippen LogP contribution in [0.4, 0.5) is 0 Å². The highest BCUT2D eigenvalue weighted by molar-refractivity contribution is 5.16. The molecule has 0 aliphatic heterocycles. The van der Waals surface area contributed by atoms with E-state index < -0.39 is 0 Å². The lowest BCUT2D eigenvalue weighted by Crippen LogP contribution is -2.20. The summed E-state index contributed by atoms with van der Waals surface area (Å²) >= 11 is 0. The largest absolute Gasteiger partial charge is 0.469 e. The van der Waals surface area contributed by atoms with Gasteiger partial charge in [0, 0.05) is 11.6 Å². The molecule has 1 unspecified atom stereocenters. The highest BCUT2D eigenvalue weighted by atomic mass is 16.3. The van der Waals surface area contributed by atoms with Crippen molar-refractivity contribution in [3.05, 3.63) is 23.7 Å². The van der Waals surface area contributed by atoms with Crippen LogP contribution in [0.15, 0.2) is 16.7 Å². The van der Waals surface area contributed by atoms with E-state index in [0.717, 1.165) is 11.7 Å². The summed E-state index contributed by atoms with van der Waals surface area (Å²) < 4.78 is 5.40. The Bertz CT molecular complexity index is 312. The molecule has 1 aliphatic rings. The zero-order chi connectivity index (χ0) is 11.4. The monoisotopic (exact) mass is 221 g/mol. The Labute approximate surface area is 98.4 Å². The lowest BCUT2D eigenvalue weighted by atomic mass is 9.84. The zero-order valence-corrected chi connectivity index (χ0v) is 10.5. The predicted molar refractivity (Wildman–Crippen MR) is 66.4 cm³/mol. The minimum atomic E-state index is 0.473. The van der Waals surface area contributed by atoms with Crippen LogP contribution in [0.1, 0.15) is 55.9 Å². The molecular weight excluding hydrogens is 198 g/mol. The van der Waals surface area contributed by atoms with Gasteiger partial charge in [-0.1, -0.05) is 32.1 Å². The first kappa shape index (κ1) is 11.7. The molecule has 1 aromatic heterocycles. The maximum absolute atomic E-state index is 5.40. The molecule has 1 heterocycles. The molecule has 2 nitrogen and oxygen atoms in total. The second-order valence-corrected chi connectivity index (χ2v) is 5.07. The van der Waals surface area contributed by atoms with Gasteiger partial charge in [-0.25, -0.2) is 0 Å². The molecule has 1 N–H and O–H groups in total. The highest BCUT2D eigenvalue weighted by Gasteiger charge is 2.20. The van der Waals surface area contributed by atoms with E-state index in [9.17, 15) is 0 Å². The molecule has 1 atom stereocenters. The van der Waals surface area contributed by atoms with Crippen LogP contribution in [0.3, 0.4) is 0 Å². The van der Waals surface area contributed by atoms with Crippen molar-refractivity contribution in [1.29, 1.82) is 0 Å². The summed E-state index contributed by atoms with van der Waals surface area (Å²) in [5, 5.41) is 3.42. The Hall–Kier alpha value is -0.760. The van der Waals surface area contributed by atoms with Crippen molar-refractivity contribution in [2.75, 3.05) is 7.05 Å². The van der Waals surface area contributed by atoms with E-state index >= 15 is 0 Å². The van der Waals surface area contributed by atoms with Gasteiger partial charge in [-0.15, -0.1) is 0 Å². The fourth-order valence-corrected chi connectivity index (χ4v) is 2.82. The highest BCUT2D eigenvalue weighted by Crippen LogP contribution is 2.32. The Balaban J connectivity index is 1.94. The van der Waals surface area contributed by atoms with E-state index in [1.807, 2.05) is 13.2 Å². The summed E-state index contributed by atoms with van der Waals surface area (Å²) in [4.78, 5) is 0. The molecule has 1 aliphatic carbocycles. The third-order valence-corrected chi connectivity index (χ3v) is 3.80. The molecule has 1 aromatic rings. The second kappa shape index (κ2) is 5.53. The standard InChI is InChI=1S/C14H23NO/c1-11-8-13(10-16-11)14(15-2)9-12-6-4-3-5-7-12/h8,10,12,14-15H,3-7,9H2,1-2H3. The number of nitrogens with one attached hydrogen (secondary N) is 1.